The van der Waals surface area contributed by atoms with E-state index in [1.807, 2.05) is 6.92 Å². The van der Waals surface area contributed by atoms with Crippen LogP contribution in [0.1, 0.15) is 23.7 Å². The van der Waals surface area contributed by atoms with Crippen LogP contribution >= 0.6 is 12.4 Å². The van der Waals surface area contributed by atoms with E-state index < -0.39 is 34.4 Å². The number of benzene rings is 2. The standard InChI is InChI=1S/C21H18F3N3O3.ClH/c1-10-4-12(25)8-26(10)19-7-18-13(6-16(19)24)20(28)14(21(29)30)9-27(18)17-3-2-11(22)5-15(17)23;/h2-3,5-7,9-10,12H,4,8,25H2,1H3,(H,29,30);1H/t10-,12-;/m1./s1. The van der Waals surface area contributed by atoms with Crippen LogP contribution in [0.15, 0.2) is 41.3 Å². The Kier molecular flexibility index (Phi) is 6.02. The van der Waals surface area contributed by atoms with Gasteiger partial charge in [0, 0.05) is 36.3 Å². The Morgan fingerprint density at radius 3 is 2.39 bits per heavy atom. The summed E-state index contributed by atoms with van der Waals surface area (Å²) in [6, 6.07) is 4.88. The number of carbonyl (C=O) groups is 1. The van der Waals surface area contributed by atoms with E-state index in [1.54, 1.807) is 4.90 Å². The predicted octanol–water partition coefficient (Wildman–Crippen LogP) is 3.45. The van der Waals surface area contributed by atoms with Crippen LogP contribution in [0.2, 0.25) is 0 Å². The number of rotatable bonds is 3. The normalized spacial score (nSPS) is 18.3. The highest BCUT2D eigenvalue weighted by Gasteiger charge is 2.29. The molecule has 2 heterocycles. The van der Waals surface area contributed by atoms with E-state index in [0.29, 0.717) is 19.0 Å². The summed E-state index contributed by atoms with van der Waals surface area (Å²) in [6.45, 7) is 2.28. The smallest absolute Gasteiger partial charge is 0.341 e. The second-order valence-electron chi connectivity index (χ2n) is 7.46. The third-order valence-corrected chi connectivity index (χ3v) is 5.39. The van der Waals surface area contributed by atoms with Crippen LogP contribution in [-0.2, 0) is 0 Å². The molecule has 2 aromatic carbocycles. The van der Waals surface area contributed by atoms with Gasteiger partial charge in [0.25, 0.3) is 0 Å². The van der Waals surface area contributed by atoms with Crippen molar-refractivity contribution in [1.29, 1.82) is 0 Å². The molecule has 0 aliphatic carbocycles. The van der Waals surface area contributed by atoms with Gasteiger partial charge in [0.15, 0.2) is 0 Å². The van der Waals surface area contributed by atoms with Gasteiger partial charge in [0.05, 0.1) is 16.9 Å². The van der Waals surface area contributed by atoms with Crippen molar-refractivity contribution in [2.45, 2.75) is 25.4 Å². The van der Waals surface area contributed by atoms with Gasteiger partial charge in [-0.3, -0.25) is 4.79 Å². The summed E-state index contributed by atoms with van der Waals surface area (Å²) in [5.74, 6) is -4.03. The molecule has 4 rings (SSSR count). The fourth-order valence-electron chi connectivity index (χ4n) is 3.99. The summed E-state index contributed by atoms with van der Waals surface area (Å²) >= 11 is 0. The number of carboxylic acids is 1. The molecule has 164 valence electrons. The van der Waals surface area contributed by atoms with Crippen molar-refractivity contribution in [3.63, 3.8) is 0 Å². The van der Waals surface area contributed by atoms with E-state index >= 15 is 0 Å². The van der Waals surface area contributed by atoms with Crippen molar-refractivity contribution < 1.29 is 23.1 Å². The Morgan fingerprint density at radius 1 is 1.13 bits per heavy atom. The summed E-state index contributed by atoms with van der Waals surface area (Å²) in [5.41, 5.74) is 4.52. The number of halogens is 4. The molecular weight excluding hydrogens is 435 g/mol. The number of hydrogen-bond donors (Lipinski definition) is 2. The van der Waals surface area contributed by atoms with Crippen LogP contribution < -0.4 is 16.1 Å². The first-order valence-corrected chi connectivity index (χ1v) is 9.27. The lowest BCUT2D eigenvalue weighted by atomic mass is 10.1. The number of aromatic carboxylic acids is 1. The maximum Gasteiger partial charge on any atom is 0.341 e. The van der Waals surface area contributed by atoms with Crippen LogP contribution in [0, 0.1) is 17.5 Å². The molecule has 6 nitrogen and oxygen atoms in total. The zero-order valence-corrected chi connectivity index (χ0v) is 17.1. The van der Waals surface area contributed by atoms with Crippen LogP contribution in [0.3, 0.4) is 0 Å². The summed E-state index contributed by atoms with van der Waals surface area (Å²) < 4.78 is 44.0. The average Bonchev–Trinajstić information content (AvgIpc) is 3.00. The molecule has 0 saturated carbocycles. The van der Waals surface area contributed by atoms with Gasteiger partial charge in [-0.2, -0.15) is 0 Å². The molecule has 1 saturated heterocycles. The number of nitrogens with two attached hydrogens (primary N) is 1. The molecule has 3 N–H and O–H groups in total. The minimum Gasteiger partial charge on any atom is -0.477 e. The lowest BCUT2D eigenvalue weighted by molar-refractivity contribution is 0.0695. The van der Waals surface area contributed by atoms with E-state index in [1.165, 1.54) is 6.07 Å². The Hall–Kier alpha value is -3.04. The molecule has 1 aliphatic rings. The zero-order chi connectivity index (χ0) is 21.7. The first-order valence-electron chi connectivity index (χ1n) is 9.27. The maximum absolute atomic E-state index is 14.9. The molecular formula is C21H19ClF3N3O3. The van der Waals surface area contributed by atoms with Crippen molar-refractivity contribution in [3.8, 4) is 5.69 Å². The van der Waals surface area contributed by atoms with E-state index in [9.17, 15) is 27.9 Å². The molecule has 1 fully saturated rings. The average molecular weight is 454 g/mol. The van der Waals surface area contributed by atoms with Crippen molar-refractivity contribution in [2.24, 2.45) is 5.73 Å². The quantitative estimate of drug-likeness (QED) is 0.634. The fraction of sp³-hybridized carbons (Fsp3) is 0.238. The number of aromatic nitrogens is 1. The van der Waals surface area contributed by atoms with Crippen LogP contribution in [-0.4, -0.2) is 34.3 Å². The molecule has 2 atom stereocenters. The van der Waals surface area contributed by atoms with Gasteiger partial charge in [-0.15, -0.1) is 12.4 Å². The Morgan fingerprint density at radius 2 is 1.81 bits per heavy atom. The van der Waals surface area contributed by atoms with Crippen LogP contribution in [0.25, 0.3) is 16.6 Å². The largest absolute Gasteiger partial charge is 0.477 e. The SMILES string of the molecule is C[C@@H]1C[C@@H](N)CN1c1cc2c(cc1F)c(=O)c(C(=O)O)cn2-c1ccc(F)cc1F.Cl. The molecule has 31 heavy (non-hydrogen) atoms. The number of anilines is 1. The number of nitrogens with zero attached hydrogens (tertiary/aromatic N) is 2. The highest BCUT2D eigenvalue weighted by molar-refractivity contribution is 5.94. The summed E-state index contributed by atoms with van der Waals surface area (Å²) in [7, 11) is 0. The lowest BCUT2D eigenvalue weighted by Crippen LogP contribution is -2.30. The highest BCUT2D eigenvalue weighted by atomic mass is 35.5. The Bertz CT molecular complexity index is 1250. The molecule has 0 amide bonds. The van der Waals surface area contributed by atoms with Gasteiger partial charge in [-0.05, 0) is 37.6 Å². The van der Waals surface area contributed by atoms with Crippen molar-refractivity contribution in [2.75, 3.05) is 11.4 Å². The second-order valence-corrected chi connectivity index (χ2v) is 7.46. The number of fused-ring (bicyclic) bond motifs is 1. The maximum atomic E-state index is 14.9. The Balaban J connectivity index is 0.00000272. The topological polar surface area (TPSA) is 88.6 Å². The summed E-state index contributed by atoms with van der Waals surface area (Å²) in [6.07, 6.45) is 1.61. The summed E-state index contributed by atoms with van der Waals surface area (Å²) in [4.78, 5) is 25.9. The van der Waals surface area contributed by atoms with E-state index in [2.05, 4.69) is 0 Å². The van der Waals surface area contributed by atoms with Gasteiger partial charge < -0.3 is 20.3 Å². The summed E-state index contributed by atoms with van der Waals surface area (Å²) in [5, 5.41) is 9.16. The van der Waals surface area contributed by atoms with Crippen LogP contribution in [0.5, 0.6) is 0 Å². The van der Waals surface area contributed by atoms with Gasteiger partial charge in [-0.1, -0.05) is 0 Å². The highest BCUT2D eigenvalue weighted by Crippen LogP contribution is 2.32. The molecule has 1 aliphatic heterocycles. The van der Waals surface area contributed by atoms with E-state index in [-0.39, 0.29) is 46.8 Å². The zero-order valence-electron chi connectivity index (χ0n) is 16.3. The van der Waals surface area contributed by atoms with Gasteiger partial charge in [0.1, 0.15) is 23.0 Å². The third-order valence-electron chi connectivity index (χ3n) is 5.39. The Labute approximate surface area is 181 Å². The minimum absolute atomic E-state index is 0. The second kappa shape index (κ2) is 8.24. The van der Waals surface area contributed by atoms with Crippen LogP contribution in [0.4, 0.5) is 18.9 Å². The molecule has 0 bridgehead atoms. The van der Waals surface area contributed by atoms with Crippen molar-refractivity contribution in [3.05, 3.63) is 69.8 Å². The first-order chi connectivity index (χ1) is 14.2. The van der Waals surface area contributed by atoms with E-state index in [4.69, 9.17) is 5.73 Å². The van der Waals surface area contributed by atoms with Gasteiger partial charge in [0.2, 0.25) is 5.43 Å². The monoisotopic (exact) mass is 453 g/mol. The number of hydrogen-bond acceptors (Lipinski definition) is 4. The fourth-order valence-corrected chi connectivity index (χ4v) is 3.99. The van der Waals surface area contributed by atoms with Gasteiger partial charge >= 0.3 is 5.97 Å². The molecule has 10 heteroatoms. The number of carboxylic acid groups (broad SMARTS) is 1. The van der Waals surface area contributed by atoms with Gasteiger partial charge in [-0.25, -0.2) is 18.0 Å². The molecule has 1 aromatic heterocycles. The third kappa shape index (κ3) is 3.86. The first kappa shape index (κ1) is 22.6. The van der Waals surface area contributed by atoms with E-state index in [0.717, 1.165) is 29.0 Å². The van der Waals surface area contributed by atoms with Crippen molar-refractivity contribution >= 4 is 35.0 Å². The lowest BCUT2D eigenvalue weighted by Gasteiger charge is -2.25. The number of pyridine rings is 1. The molecule has 3 aromatic rings. The van der Waals surface area contributed by atoms with Crippen molar-refractivity contribution in [1.82, 2.24) is 4.57 Å². The predicted molar refractivity (Wildman–Crippen MR) is 113 cm³/mol. The molecule has 0 spiro atoms. The molecule has 0 radical (unpaired) electrons. The molecule has 0 unspecified atom stereocenters. The minimum atomic E-state index is -1.54.